The van der Waals surface area contributed by atoms with Crippen LogP contribution in [0.2, 0.25) is 0 Å². The van der Waals surface area contributed by atoms with Crippen LogP contribution in [0, 0.1) is 13.8 Å². The fourth-order valence-corrected chi connectivity index (χ4v) is 3.72. The summed E-state index contributed by atoms with van der Waals surface area (Å²) in [6.07, 6.45) is 0.718. The van der Waals surface area contributed by atoms with E-state index in [0.717, 1.165) is 22.4 Å². The lowest BCUT2D eigenvalue weighted by molar-refractivity contribution is -0.124. The molecule has 0 bridgehead atoms. The SMILES string of the molecule is CNC1(C(=O)Nc2c(C)cccc2C)CCN(C(=O)OCc2ccccc2)CC1. The molecule has 0 saturated carbocycles. The lowest BCUT2D eigenvalue weighted by Gasteiger charge is -2.40. The van der Waals surface area contributed by atoms with Crippen molar-refractivity contribution in [3.05, 3.63) is 65.2 Å². The Balaban J connectivity index is 1.59. The van der Waals surface area contributed by atoms with Gasteiger partial charge in [0.2, 0.25) is 5.91 Å². The summed E-state index contributed by atoms with van der Waals surface area (Å²) in [4.78, 5) is 27.2. The van der Waals surface area contributed by atoms with E-state index in [9.17, 15) is 9.59 Å². The number of piperidine rings is 1. The molecule has 1 heterocycles. The number of likely N-dealkylation sites (N-methyl/N-ethyl adjacent to an activating group) is 1. The van der Waals surface area contributed by atoms with E-state index < -0.39 is 5.54 Å². The number of carbonyl (C=O) groups excluding carboxylic acids is 2. The van der Waals surface area contributed by atoms with Gasteiger partial charge in [0, 0.05) is 18.8 Å². The van der Waals surface area contributed by atoms with E-state index in [1.165, 1.54) is 0 Å². The van der Waals surface area contributed by atoms with Gasteiger partial charge in [-0.25, -0.2) is 4.79 Å². The number of amides is 2. The van der Waals surface area contributed by atoms with Crippen molar-refractivity contribution < 1.29 is 14.3 Å². The van der Waals surface area contributed by atoms with Crippen molar-refractivity contribution in [1.29, 1.82) is 0 Å². The zero-order valence-electron chi connectivity index (χ0n) is 17.3. The van der Waals surface area contributed by atoms with Gasteiger partial charge in [0.1, 0.15) is 12.1 Å². The fourth-order valence-electron chi connectivity index (χ4n) is 3.72. The maximum Gasteiger partial charge on any atom is 0.410 e. The number of nitrogens with zero attached hydrogens (tertiary/aromatic N) is 1. The molecule has 0 atom stereocenters. The van der Waals surface area contributed by atoms with E-state index in [2.05, 4.69) is 10.6 Å². The first-order valence-corrected chi connectivity index (χ1v) is 9.97. The number of para-hydroxylation sites is 1. The van der Waals surface area contributed by atoms with Crippen LogP contribution in [0.4, 0.5) is 10.5 Å². The Morgan fingerprint density at radius 2 is 1.62 bits per heavy atom. The monoisotopic (exact) mass is 395 g/mol. The van der Waals surface area contributed by atoms with Crippen molar-refractivity contribution in [3.63, 3.8) is 0 Å². The van der Waals surface area contributed by atoms with Crippen LogP contribution in [-0.4, -0.2) is 42.6 Å². The van der Waals surface area contributed by atoms with Crippen LogP contribution in [0.1, 0.15) is 29.5 Å². The molecule has 6 heteroatoms. The smallest absolute Gasteiger partial charge is 0.410 e. The van der Waals surface area contributed by atoms with Crippen molar-refractivity contribution in [1.82, 2.24) is 10.2 Å². The maximum atomic E-state index is 13.1. The third-order valence-electron chi connectivity index (χ3n) is 5.71. The van der Waals surface area contributed by atoms with Crippen LogP contribution in [0.5, 0.6) is 0 Å². The Morgan fingerprint density at radius 3 is 2.21 bits per heavy atom. The predicted octanol–water partition coefficient (Wildman–Crippen LogP) is 3.63. The van der Waals surface area contributed by atoms with Gasteiger partial charge in [-0.05, 0) is 50.4 Å². The molecule has 2 aromatic carbocycles. The van der Waals surface area contributed by atoms with Gasteiger partial charge < -0.3 is 20.3 Å². The summed E-state index contributed by atoms with van der Waals surface area (Å²) in [6.45, 7) is 5.16. The fraction of sp³-hybridized carbons (Fsp3) is 0.391. The van der Waals surface area contributed by atoms with Gasteiger partial charge in [-0.2, -0.15) is 0 Å². The van der Waals surface area contributed by atoms with Gasteiger partial charge in [0.15, 0.2) is 0 Å². The highest BCUT2D eigenvalue weighted by atomic mass is 16.6. The van der Waals surface area contributed by atoms with E-state index in [4.69, 9.17) is 4.74 Å². The van der Waals surface area contributed by atoms with Crippen LogP contribution in [0.3, 0.4) is 0 Å². The van der Waals surface area contributed by atoms with Gasteiger partial charge in [0.05, 0.1) is 0 Å². The number of aryl methyl sites for hydroxylation is 2. The second kappa shape index (κ2) is 9.09. The number of nitrogens with one attached hydrogen (secondary N) is 2. The van der Waals surface area contributed by atoms with E-state index >= 15 is 0 Å². The molecule has 2 aromatic rings. The number of likely N-dealkylation sites (tertiary alicyclic amines) is 1. The van der Waals surface area contributed by atoms with Crippen LogP contribution in [-0.2, 0) is 16.1 Å². The molecule has 154 valence electrons. The Labute approximate surface area is 172 Å². The summed E-state index contributed by atoms with van der Waals surface area (Å²) in [7, 11) is 1.80. The second-order valence-corrected chi connectivity index (χ2v) is 7.58. The first-order valence-electron chi connectivity index (χ1n) is 9.97. The van der Waals surface area contributed by atoms with Gasteiger partial charge in [-0.3, -0.25) is 4.79 Å². The van der Waals surface area contributed by atoms with Gasteiger partial charge in [0.25, 0.3) is 0 Å². The number of anilines is 1. The lowest BCUT2D eigenvalue weighted by atomic mass is 9.86. The third-order valence-corrected chi connectivity index (χ3v) is 5.71. The Kier molecular flexibility index (Phi) is 6.54. The van der Waals surface area contributed by atoms with Crippen LogP contribution >= 0.6 is 0 Å². The molecule has 2 amide bonds. The van der Waals surface area contributed by atoms with Crippen molar-refractivity contribution in [2.45, 2.75) is 38.8 Å². The summed E-state index contributed by atoms with van der Waals surface area (Å²) >= 11 is 0. The van der Waals surface area contributed by atoms with Gasteiger partial charge in [-0.15, -0.1) is 0 Å². The molecule has 1 fully saturated rings. The Hall–Kier alpha value is -2.86. The van der Waals surface area contributed by atoms with Crippen LogP contribution < -0.4 is 10.6 Å². The maximum absolute atomic E-state index is 13.1. The number of carbonyl (C=O) groups is 2. The quantitative estimate of drug-likeness (QED) is 0.811. The number of hydrogen-bond donors (Lipinski definition) is 2. The first kappa shape index (κ1) is 20.9. The average molecular weight is 396 g/mol. The highest BCUT2D eigenvalue weighted by Gasteiger charge is 2.41. The molecule has 3 rings (SSSR count). The number of ether oxygens (including phenoxy) is 1. The Bertz CT molecular complexity index is 839. The van der Waals surface area contributed by atoms with E-state index in [0.29, 0.717) is 25.9 Å². The van der Waals surface area contributed by atoms with Gasteiger partial charge in [-0.1, -0.05) is 48.5 Å². The molecular weight excluding hydrogens is 366 g/mol. The third kappa shape index (κ3) is 4.77. The lowest BCUT2D eigenvalue weighted by Crippen LogP contribution is -2.59. The highest BCUT2D eigenvalue weighted by Crippen LogP contribution is 2.27. The second-order valence-electron chi connectivity index (χ2n) is 7.58. The van der Waals surface area contributed by atoms with Crippen LogP contribution in [0.15, 0.2) is 48.5 Å². The number of benzene rings is 2. The standard InChI is InChI=1S/C23H29N3O3/c1-17-8-7-9-18(2)20(17)25-21(27)23(24-3)12-14-26(15-13-23)22(28)29-16-19-10-5-4-6-11-19/h4-11,24H,12-16H2,1-3H3,(H,25,27). The highest BCUT2D eigenvalue weighted by molar-refractivity contribution is 5.99. The molecule has 6 nitrogen and oxygen atoms in total. The molecule has 0 radical (unpaired) electrons. The number of hydrogen-bond acceptors (Lipinski definition) is 4. The van der Waals surface area contributed by atoms with E-state index in [1.807, 2.05) is 62.4 Å². The van der Waals surface area contributed by atoms with E-state index in [-0.39, 0.29) is 18.6 Å². The minimum Gasteiger partial charge on any atom is -0.445 e. The molecule has 1 saturated heterocycles. The molecule has 1 aliphatic rings. The van der Waals surface area contributed by atoms with Crippen molar-refractivity contribution >= 4 is 17.7 Å². The predicted molar refractivity (Wildman–Crippen MR) is 114 cm³/mol. The normalized spacial score (nSPS) is 15.6. The van der Waals surface area contributed by atoms with Crippen molar-refractivity contribution in [2.24, 2.45) is 0 Å². The molecule has 1 aliphatic heterocycles. The van der Waals surface area contributed by atoms with Crippen molar-refractivity contribution in [2.75, 3.05) is 25.5 Å². The zero-order chi connectivity index (χ0) is 20.9. The first-order chi connectivity index (χ1) is 13.9. The molecule has 0 spiro atoms. The number of rotatable bonds is 5. The summed E-state index contributed by atoms with van der Waals surface area (Å²) in [5, 5.41) is 6.30. The summed E-state index contributed by atoms with van der Waals surface area (Å²) in [5.74, 6) is -0.0605. The minimum absolute atomic E-state index is 0.0605. The Morgan fingerprint density at radius 1 is 1.00 bits per heavy atom. The topological polar surface area (TPSA) is 70.7 Å². The van der Waals surface area contributed by atoms with Crippen molar-refractivity contribution in [3.8, 4) is 0 Å². The zero-order valence-corrected chi connectivity index (χ0v) is 17.3. The van der Waals surface area contributed by atoms with Crippen LogP contribution in [0.25, 0.3) is 0 Å². The molecule has 29 heavy (non-hydrogen) atoms. The molecular formula is C23H29N3O3. The van der Waals surface area contributed by atoms with Gasteiger partial charge >= 0.3 is 6.09 Å². The summed E-state index contributed by atoms with van der Waals surface area (Å²) in [6, 6.07) is 15.6. The molecule has 2 N–H and O–H groups in total. The molecule has 0 aromatic heterocycles. The molecule has 0 unspecified atom stereocenters. The molecule has 0 aliphatic carbocycles. The summed E-state index contributed by atoms with van der Waals surface area (Å²) < 4.78 is 5.42. The minimum atomic E-state index is -0.703. The largest absolute Gasteiger partial charge is 0.445 e. The van der Waals surface area contributed by atoms with E-state index in [1.54, 1.807) is 11.9 Å². The summed E-state index contributed by atoms with van der Waals surface area (Å²) in [5.41, 5.74) is 3.18. The average Bonchev–Trinajstić information content (AvgIpc) is 2.75.